The third-order valence-corrected chi connectivity index (χ3v) is 5.51. The van der Waals surface area contributed by atoms with E-state index in [0.717, 1.165) is 0 Å². The highest BCUT2D eigenvalue weighted by Crippen LogP contribution is 2.21. The van der Waals surface area contributed by atoms with E-state index in [2.05, 4.69) is 10.1 Å². The second-order valence-electron chi connectivity index (χ2n) is 5.06. The summed E-state index contributed by atoms with van der Waals surface area (Å²) in [5.74, 6) is -0.526. The summed E-state index contributed by atoms with van der Waals surface area (Å²) < 4.78 is 26.4. The smallest absolute Gasteiger partial charge is 0.293 e. The van der Waals surface area contributed by atoms with E-state index in [9.17, 15) is 18.4 Å². The molecule has 132 valence electrons. The van der Waals surface area contributed by atoms with E-state index in [4.69, 9.17) is 11.6 Å². The molecule has 0 aromatic heterocycles. The molecule has 1 fully saturated rings. The first-order chi connectivity index (χ1) is 11.3. The highest BCUT2D eigenvalue weighted by Gasteiger charge is 2.32. The lowest BCUT2D eigenvalue weighted by molar-refractivity contribution is -0.547. The average molecular weight is 377 g/mol. The van der Waals surface area contributed by atoms with Gasteiger partial charge in [0, 0.05) is 18.1 Å². The van der Waals surface area contributed by atoms with Crippen LogP contribution in [-0.4, -0.2) is 61.8 Å². The van der Waals surface area contributed by atoms with Gasteiger partial charge in [-0.25, -0.2) is 8.42 Å². The molecule has 0 radical (unpaired) electrons. The summed E-state index contributed by atoms with van der Waals surface area (Å²) in [7, 11) is -2.55. The van der Waals surface area contributed by atoms with Crippen molar-refractivity contribution >= 4 is 27.5 Å². The summed E-state index contributed by atoms with van der Waals surface area (Å²) >= 11 is 5.77. The third-order valence-electron chi connectivity index (χ3n) is 3.41. The number of carbonyl (C=O) groups excluding carboxylic acids is 1. The minimum absolute atomic E-state index is 0.0982. The van der Waals surface area contributed by atoms with Crippen LogP contribution in [0.4, 0.5) is 0 Å². The van der Waals surface area contributed by atoms with E-state index in [-0.39, 0.29) is 23.0 Å². The fourth-order valence-corrected chi connectivity index (χ4v) is 3.83. The van der Waals surface area contributed by atoms with Crippen LogP contribution < -0.4 is 0 Å². The second kappa shape index (κ2) is 7.77. The summed E-state index contributed by atoms with van der Waals surface area (Å²) in [5.41, 5.74) is 0. The molecule has 24 heavy (non-hydrogen) atoms. The van der Waals surface area contributed by atoms with Gasteiger partial charge in [0.25, 0.3) is 12.5 Å². The van der Waals surface area contributed by atoms with Gasteiger partial charge in [0.1, 0.15) is 7.11 Å². The van der Waals surface area contributed by atoms with Crippen molar-refractivity contribution in [3.8, 4) is 0 Å². The SMILES string of the molecule is CO/N=[N+](\[O-])CC(=O)N1CCCN(S(=O)(=O)c2ccc(Cl)cc2)C1. The Balaban J connectivity index is 2.11. The van der Waals surface area contributed by atoms with E-state index in [1.54, 1.807) is 0 Å². The second-order valence-corrected chi connectivity index (χ2v) is 7.44. The van der Waals surface area contributed by atoms with Gasteiger partial charge in [-0.3, -0.25) is 4.79 Å². The van der Waals surface area contributed by atoms with Gasteiger partial charge in [0.2, 0.25) is 10.0 Å². The fraction of sp³-hybridized carbons (Fsp3) is 0.462. The number of halogens is 1. The number of hydroxylamine groups is 1. The molecule has 11 heteroatoms. The Hall–Kier alpha value is -1.91. The standard InChI is InChI=1S/C13H17ClN4O5S/c1-23-15-18(20)9-13(19)16-7-2-8-17(10-16)24(21,22)12-5-3-11(14)4-6-12/h3-6H,2,7-10H2,1H3/b18-15-. The number of hydrogen-bond acceptors (Lipinski definition) is 6. The molecule has 1 aliphatic rings. The Bertz CT molecular complexity index is 722. The molecule has 1 aromatic carbocycles. The first-order valence-corrected chi connectivity index (χ1v) is 8.88. The molecule has 1 saturated heterocycles. The molecule has 1 aliphatic heterocycles. The monoisotopic (exact) mass is 376 g/mol. The maximum Gasteiger partial charge on any atom is 0.293 e. The lowest BCUT2D eigenvalue weighted by Crippen LogP contribution is -2.50. The predicted octanol–water partition coefficient (Wildman–Crippen LogP) is 1.04. The average Bonchev–Trinajstić information content (AvgIpc) is 2.55. The zero-order valence-electron chi connectivity index (χ0n) is 13.0. The molecule has 0 bridgehead atoms. The van der Waals surface area contributed by atoms with Crippen LogP contribution in [0.1, 0.15) is 6.42 Å². The van der Waals surface area contributed by atoms with Crippen LogP contribution in [0.25, 0.3) is 0 Å². The zero-order valence-corrected chi connectivity index (χ0v) is 14.5. The van der Waals surface area contributed by atoms with Crippen molar-refractivity contribution < 1.29 is 22.9 Å². The van der Waals surface area contributed by atoms with Crippen LogP contribution in [0.15, 0.2) is 34.4 Å². The minimum atomic E-state index is -3.74. The van der Waals surface area contributed by atoms with Gasteiger partial charge in [0.05, 0.1) is 11.6 Å². The molecule has 1 amide bonds. The summed E-state index contributed by atoms with van der Waals surface area (Å²) in [6.45, 7) is -0.00213. The summed E-state index contributed by atoms with van der Waals surface area (Å²) in [5, 5.41) is 14.8. The number of benzene rings is 1. The quantitative estimate of drug-likeness (QED) is 0.433. The summed E-state index contributed by atoms with van der Waals surface area (Å²) in [6.07, 6.45) is 0.471. The fourth-order valence-electron chi connectivity index (χ4n) is 2.26. The lowest BCUT2D eigenvalue weighted by Gasteiger charge is -2.34. The Labute approximate surface area is 144 Å². The van der Waals surface area contributed by atoms with E-state index in [1.807, 2.05) is 0 Å². The number of rotatable bonds is 5. The molecule has 1 heterocycles. The molecular formula is C13H17ClN4O5S. The van der Waals surface area contributed by atoms with E-state index in [0.29, 0.717) is 18.0 Å². The molecule has 0 N–H and O–H groups in total. The molecule has 0 unspecified atom stereocenters. The number of sulfonamides is 1. The van der Waals surface area contributed by atoms with Crippen LogP contribution in [-0.2, 0) is 19.7 Å². The van der Waals surface area contributed by atoms with Crippen molar-refractivity contribution in [2.24, 2.45) is 5.28 Å². The predicted molar refractivity (Wildman–Crippen MR) is 84.5 cm³/mol. The van der Waals surface area contributed by atoms with Gasteiger partial charge in [-0.05, 0) is 35.5 Å². The van der Waals surface area contributed by atoms with Crippen molar-refractivity contribution in [3.05, 3.63) is 34.5 Å². The normalized spacial score (nSPS) is 16.9. The highest BCUT2D eigenvalue weighted by atomic mass is 35.5. The van der Waals surface area contributed by atoms with Crippen LogP contribution in [0.3, 0.4) is 0 Å². The molecule has 0 aliphatic carbocycles. The highest BCUT2D eigenvalue weighted by molar-refractivity contribution is 7.89. The molecule has 0 spiro atoms. The van der Waals surface area contributed by atoms with Gasteiger partial charge in [-0.2, -0.15) is 4.31 Å². The maximum atomic E-state index is 12.6. The van der Waals surface area contributed by atoms with Gasteiger partial charge < -0.3 is 14.9 Å². The Morgan fingerprint density at radius 2 is 2.04 bits per heavy atom. The van der Waals surface area contributed by atoms with E-state index in [1.165, 1.54) is 40.6 Å². The van der Waals surface area contributed by atoms with Crippen LogP contribution in [0.2, 0.25) is 5.02 Å². The summed E-state index contributed by atoms with van der Waals surface area (Å²) in [6, 6.07) is 5.80. The lowest BCUT2D eigenvalue weighted by atomic mass is 10.3. The van der Waals surface area contributed by atoms with Gasteiger partial charge >= 0.3 is 0 Å². The van der Waals surface area contributed by atoms with Crippen LogP contribution in [0, 0.1) is 5.21 Å². The first-order valence-electron chi connectivity index (χ1n) is 7.07. The first kappa shape index (κ1) is 18.4. The van der Waals surface area contributed by atoms with Crippen molar-refractivity contribution in [1.29, 1.82) is 0 Å². The topological polar surface area (TPSA) is 105 Å². The number of amides is 1. The molecule has 1 aromatic rings. The molecule has 0 atom stereocenters. The van der Waals surface area contributed by atoms with Gasteiger partial charge in [-0.15, -0.1) is 0 Å². The molecular weight excluding hydrogens is 360 g/mol. The zero-order chi connectivity index (χ0) is 17.7. The Morgan fingerprint density at radius 1 is 1.38 bits per heavy atom. The van der Waals surface area contributed by atoms with Crippen molar-refractivity contribution in [2.45, 2.75) is 11.3 Å². The summed E-state index contributed by atoms with van der Waals surface area (Å²) in [4.78, 5) is 17.9. The van der Waals surface area contributed by atoms with Crippen LogP contribution >= 0.6 is 11.6 Å². The Morgan fingerprint density at radius 3 is 2.67 bits per heavy atom. The number of nitrogens with zero attached hydrogens (tertiary/aromatic N) is 4. The number of carbonyl (C=O) groups is 1. The van der Waals surface area contributed by atoms with E-state index >= 15 is 0 Å². The Kier molecular flexibility index (Phi) is 5.97. The number of hydrogen-bond donors (Lipinski definition) is 0. The molecule has 0 saturated carbocycles. The van der Waals surface area contributed by atoms with Crippen molar-refractivity contribution in [3.63, 3.8) is 0 Å². The van der Waals surface area contributed by atoms with Crippen molar-refractivity contribution in [2.75, 3.05) is 33.4 Å². The largest absolute Gasteiger partial charge is 0.597 e. The van der Waals surface area contributed by atoms with Gasteiger partial charge in [-0.1, -0.05) is 11.6 Å². The molecule has 2 rings (SSSR count). The third kappa shape index (κ3) is 4.34. The molecule has 9 nitrogen and oxygen atoms in total. The maximum absolute atomic E-state index is 12.6. The van der Waals surface area contributed by atoms with Crippen molar-refractivity contribution in [1.82, 2.24) is 9.21 Å². The minimum Gasteiger partial charge on any atom is -0.597 e. The van der Waals surface area contributed by atoms with Crippen LogP contribution in [0.5, 0.6) is 0 Å². The van der Waals surface area contributed by atoms with E-state index < -0.39 is 22.5 Å². The van der Waals surface area contributed by atoms with Gasteiger partial charge in [0.15, 0.2) is 5.28 Å².